The Balaban J connectivity index is 2.17. The van der Waals surface area contributed by atoms with Crippen LogP contribution in [0.3, 0.4) is 0 Å². The van der Waals surface area contributed by atoms with Crippen LogP contribution in [0, 0.1) is 6.92 Å². The number of likely N-dealkylation sites (tertiary alicyclic amines) is 1. The Hall–Kier alpha value is -1.88. The Kier molecular flexibility index (Phi) is 4.09. The Morgan fingerprint density at radius 2 is 2.10 bits per heavy atom. The number of imide groups is 1. The molecule has 1 heterocycles. The molecule has 1 N–H and O–H groups in total. The van der Waals surface area contributed by atoms with Gasteiger partial charge in [0.25, 0.3) is 0 Å². The van der Waals surface area contributed by atoms with Gasteiger partial charge in [0.15, 0.2) is 0 Å². The van der Waals surface area contributed by atoms with Gasteiger partial charge in [-0.1, -0.05) is 17.7 Å². The minimum absolute atomic E-state index is 0.0712. The number of amides is 2. The molecule has 1 aromatic rings. The number of carbonyl (C=O) groups is 2. The van der Waals surface area contributed by atoms with Crippen LogP contribution in [0.2, 0.25) is 0 Å². The van der Waals surface area contributed by atoms with Crippen LogP contribution in [0.4, 0.5) is 0 Å². The Labute approximate surface area is 118 Å². The summed E-state index contributed by atoms with van der Waals surface area (Å²) < 4.78 is 5.35. The Bertz CT molecular complexity index is 542. The molecule has 2 atom stereocenters. The van der Waals surface area contributed by atoms with Gasteiger partial charge >= 0.3 is 0 Å². The summed E-state index contributed by atoms with van der Waals surface area (Å²) in [6.07, 6.45) is 0.216. The lowest BCUT2D eigenvalue weighted by atomic mass is 10.0. The molecule has 0 radical (unpaired) electrons. The molecule has 0 saturated carbocycles. The highest BCUT2D eigenvalue weighted by Gasteiger charge is 2.36. The number of nitrogens with zero attached hydrogens (tertiary/aromatic N) is 1. The Morgan fingerprint density at radius 1 is 1.40 bits per heavy atom. The van der Waals surface area contributed by atoms with Gasteiger partial charge in [0.05, 0.1) is 19.6 Å². The number of aryl methyl sites for hydroxylation is 1. The number of methoxy groups -OCH3 is 1. The average molecular weight is 276 g/mol. The lowest BCUT2D eigenvalue weighted by Gasteiger charge is -2.20. The van der Waals surface area contributed by atoms with Crippen molar-refractivity contribution in [1.29, 1.82) is 0 Å². The van der Waals surface area contributed by atoms with Crippen LogP contribution in [-0.4, -0.2) is 36.9 Å². The summed E-state index contributed by atoms with van der Waals surface area (Å²) in [5.74, 6) is 0.463. The number of nitrogens with one attached hydrogen (secondary N) is 1. The van der Waals surface area contributed by atoms with Gasteiger partial charge in [-0.2, -0.15) is 0 Å². The maximum Gasteiger partial charge on any atom is 0.246 e. The van der Waals surface area contributed by atoms with Crippen molar-refractivity contribution in [1.82, 2.24) is 10.2 Å². The van der Waals surface area contributed by atoms with Crippen LogP contribution < -0.4 is 10.1 Å². The van der Waals surface area contributed by atoms with E-state index in [4.69, 9.17) is 4.74 Å². The van der Waals surface area contributed by atoms with Crippen LogP contribution in [-0.2, 0) is 9.59 Å². The molecule has 20 heavy (non-hydrogen) atoms. The molecule has 5 nitrogen and oxygen atoms in total. The van der Waals surface area contributed by atoms with Crippen LogP contribution in [0.1, 0.15) is 30.5 Å². The second kappa shape index (κ2) is 5.63. The van der Waals surface area contributed by atoms with Crippen LogP contribution >= 0.6 is 0 Å². The monoisotopic (exact) mass is 276 g/mol. The van der Waals surface area contributed by atoms with E-state index in [0.717, 1.165) is 16.9 Å². The van der Waals surface area contributed by atoms with E-state index in [0.29, 0.717) is 0 Å². The lowest BCUT2D eigenvalue weighted by Crippen LogP contribution is -2.38. The zero-order valence-corrected chi connectivity index (χ0v) is 12.3. The smallest absolute Gasteiger partial charge is 0.246 e. The second-order valence-corrected chi connectivity index (χ2v) is 5.18. The van der Waals surface area contributed by atoms with Crippen molar-refractivity contribution in [2.45, 2.75) is 32.4 Å². The number of likely N-dealkylation sites (N-methyl/N-ethyl adjacent to an activating group) is 1. The quantitative estimate of drug-likeness (QED) is 0.845. The van der Waals surface area contributed by atoms with E-state index >= 15 is 0 Å². The standard InChI is InChI=1S/C15H20N2O3/c1-9-5-6-13(20-4)11(7-9)10(2)16-12-8-14(18)17(3)15(12)19/h5-7,10,12,16H,8H2,1-4H3. The van der Waals surface area contributed by atoms with E-state index in [1.54, 1.807) is 7.11 Å². The molecule has 1 fully saturated rings. The first kappa shape index (κ1) is 14.5. The highest BCUT2D eigenvalue weighted by molar-refractivity contribution is 6.05. The summed E-state index contributed by atoms with van der Waals surface area (Å²) in [5, 5.41) is 3.22. The predicted molar refractivity (Wildman–Crippen MR) is 75.5 cm³/mol. The first-order valence-electron chi connectivity index (χ1n) is 6.65. The number of ether oxygens (including phenoxy) is 1. The molecule has 0 aromatic heterocycles. The van der Waals surface area contributed by atoms with E-state index in [2.05, 4.69) is 5.32 Å². The van der Waals surface area contributed by atoms with E-state index in [9.17, 15) is 9.59 Å². The summed E-state index contributed by atoms with van der Waals surface area (Å²) in [5.41, 5.74) is 2.11. The zero-order valence-electron chi connectivity index (χ0n) is 12.3. The molecule has 0 aliphatic carbocycles. The van der Waals surface area contributed by atoms with Gasteiger partial charge in [-0.05, 0) is 19.9 Å². The van der Waals surface area contributed by atoms with Crippen molar-refractivity contribution in [3.63, 3.8) is 0 Å². The van der Waals surface area contributed by atoms with Gasteiger partial charge in [0.2, 0.25) is 11.8 Å². The number of carbonyl (C=O) groups excluding carboxylic acids is 2. The lowest BCUT2D eigenvalue weighted by molar-refractivity contribution is -0.137. The van der Waals surface area contributed by atoms with E-state index < -0.39 is 6.04 Å². The zero-order chi connectivity index (χ0) is 14.9. The van der Waals surface area contributed by atoms with E-state index in [1.807, 2.05) is 32.0 Å². The number of rotatable bonds is 4. The highest BCUT2D eigenvalue weighted by Crippen LogP contribution is 2.27. The predicted octanol–water partition coefficient (Wildman–Crippen LogP) is 1.41. The average Bonchev–Trinajstić information content (AvgIpc) is 2.66. The minimum Gasteiger partial charge on any atom is -0.496 e. The summed E-state index contributed by atoms with van der Waals surface area (Å²) in [6, 6.07) is 5.40. The summed E-state index contributed by atoms with van der Waals surface area (Å²) in [6.45, 7) is 3.97. The number of hydrogen-bond donors (Lipinski definition) is 1. The molecule has 2 unspecified atom stereocenters. The summed E-state index contributed by atoms with van der Waals surface area (Å²) in [7, 11) is 3.14. The van der Waals surface area contributed by atoms with Gasteiger partial charge in [0, 0.05) is 18.7 Å². The van der Waals surface area contributed by atoms with Crippen molar-refractivity contribution in [2.75, 3.05) is 14.2 Å². The van der Waals surface area contributed by atoms with Crippen molar-refractivity contribution < 1.29 is 14.3 Å². The third-order valence-corrected chi connectivity index (χ3v) is 3.68. The first-order valence-corrected chi connectivity index (χ1v) is 6.65. The van der Waals surface area contributed by atoms with Crippen LogP contribution in [0.25, 0.3) is 0 Å². The third-order valence-electron chi connectivity index (χ3n) is 3.68. The normalized spacial score (nSPS) is 20.4. The molecule has 2 rings (SSSR count). The summed E-state index contributed by atoms with van der Waals surface area (Å²) in [4.78, 5) is 24.6. The highest BCUT2D eigenvalue weighted by atomic mass is 16.5. The molecule has 0 bridgehead atoms. The molecule has 5 heteroatoms. The largest absolute Gasteiger partial charge is 0.496 e. The summed E-state index contributed by atoms with van der Waals surface area (Å²) >= 11 is 0. The molecular weight excluding hydrogens is 256 g/mol. The maximum atomic E-state index is 11.9. The molecule has 2 amide bonds. The maximum absolute atomic E-state index is 11.9. The first-order chi connectivity index (χ1) is 9.43. The molecule has 1 aliphatic heterocycles. The second-order valence-electron chi connectivity index (χ2n) is 5.18. The molecule has 1 aromatic carbocycles. The molecular formula is C15H20N2O3. The topological polar surface area (TPSA) is 58.6 Å². The van der Waals surface area contributed by atoms with Crippen LogP contribution in [0.15, 0.2) is 18.2 Å². The van der Waals surface area contributed by atoms with E-state index in [-0.39, 0.29) is 24.3 Å². The number of benzene rings is 1. The molecule has 108 valence electrons. The number of hydrogen-bond acceptors (Lipinski definition) is 4. The minimum atomic E-state index is -0.451. The van der Waals surface area contributed by atoms with E-state index in [1.165, 1.54) is 11.9 Å². The van der Waals surface area contributed by atoms with Gasteiger partial charge < -0.3 is 4.74 Å². The van der Waals surface area contributed by atoms with Crippen molar-refractivity contribution in [2.24, 2.45) is 0 Å². The van der Waals surface area contributed by atoms with Gasteiger partial charge in [-0.3, -0.25) is 19.8 Å². The van der Waals surface area contributed by atoms with Crippen molar-refractivity contribution in [3.8, 4) is 5.75 Å². The third kappa shape index (κ3) is 2.67. The SMILES string of the molecule is COc1ccc(C)cc1C(C)NC1CC(=O)N(C)C1=O. The van der Waals surface area contributed by atoms with Crippen molar-refractivity contribution >= 4 is 11.8 Å². The van der Waals surface area contributed by atoms with Gasteiger partial charge in [0.1, 0.15) is 5.75 Å². The fourth-order valence-corrected chi connectivity index (χ4v) is 2.47. The Morgan fingerprint density at radius 3 is 2.65 bits per heavy atom. The fourth-order valence-electron chi connectivity index (χ4n) is 2.47. The molecule has 0 spiro atoms. The van der Waals surface area contributed by atoms with Crippen molar-refractivity contribution in [3.05, 3.63) is 29.3 Å². The molecule has 1 saturated heterocycles. The fraction of sp³-hybridized carbons (Fsp3) is 0.467. The van der Waals surface area contributed by atoms with Gasteiger partial charge in [-0.25, -0.2) is 0 Å². The molecule has 1 aliphatic rings. The van der Waals surface area contributed by atoms with Gasteiger partial charge in [-0.15, -0.1) is 0 Å². The van der Waals surface area contributed by atoms with Crippen LogP contribution in [0.5, 0.6) is 5.75 Å².